The van der Waals surface area contributed by atoms with Gasteiger partial charge in [-0.2, -0.15) is 0 Å². The number of benzene rings is 1. The van der Waals surface area contributed by atoms with Gasteiger partial charge in [0, 0.05) is 37.0 Å². The topological polar surface area (TPSA) is 57.2 Å². The molecule has 9 atom stereocenters. The summed E-state index contributed by atoms with van der Waals surface area (Å²) >= 11 is 0. The summed E-state index contributed by atoms with van der Waals surface area (Å²) in [5, 5.41) is 1.17. The largest absolute Gasteiger partial charge is 0.461 e. The van der Waals surface area contributed by atoms with Gasteiger partial charge in [0.15, 0.2) is 0 Å². The minimum atomic E-state index is -0.636. The van der Waals surface area contributed by atoms with Gasteiger partial charge in [0.25, 0.3) is 0 Å². The summed E-state index contributed by atoms with van der Waals surface area (Å²) in [6, 6.07) is 7.68. The zero-order valence-electron chi connectivity index (χ0n) is 27.9. The van der Waals surface area contributed by atoms with E-state index in [1.54, 1.807) is 5.57 Å². The van der Waals surface area contributed by atoms with Gasteiger partial charge < -0.3 is 15.0 Å². The van der Waals surface area contributed by atoms with Crippen LogP contribution in [0.4, 0.5) is 0 Å². The molecule has 236 valence electrons. The first-order valence-corrected chi connectivity index (χ1v) is 17.7. The SMILES string of the molecule is CC(C)CCC[C@@H](C)[C@H]1CC[C@H]2[C@@H]3CC=C4C[C@@H](OC(=O)C(N)Cc5cn(C)c6ccccc56)CC[C@]4(C)[C@H]3CC[C@]12C. The van der Waals surface area contributed by atoms with E-state index in [0.29, 0.717) is 11.8 Å². The highest BCUT2D eigenvalue weighted by molar-refractivity contribution is 5.85. The highest BCUT2D eigenvalue weighted by atomic mass is 16.5. The molecule has 6 rings (SSSR count). The van der Waals surface area contributed by atoms with E-state index in [2.05, 4.69) is 63.6 Å². The molecule has 4 nitrogen and oxygen atoms in total. The quantitative estimate of drug-likeness (QED) is 0.236. The Morgan fingerprint density at radius 2 is 1.84 bits per heavy atom. The number of fused-ring (bicyclic) bond motifs is 6. The van der Waals surface area contributed by atoms with Crippen LogP contribution in [0.15, 0.2) is 42.1 Å². The van der Waals surface area contributed by atoms with E-state index in [1.165, 1.54) is 62.3 Å². The van der Waals surface area contributed by atoms with Crippen molar-refractivity contribution in [3.05, 3.63) is 47.7 Å². The summed E-state index contributed by atoms with van der Waals surface area (Å²) in [6.07, 6.45) is 19.2. The van der Waals surface area contributed by atoms with Crippen molar-refractivity contribution in [1.29, 1.82) is 0 Å². The van der Waals surface area contributed by atoms with Crippen LogP contribution in [0.3, 0.4) is 0 Å². The van der Waals surface area contributed by atoms with Crippen LogP contribution in [-0.2, 0) is 23.0 Å². The second-order valence-corrected chi connectivity index (χ2v) is 16.2. The van der Waals surface area contributed by atoms with Gasteiger partial charge in [-0.3, -0.25) is 4.79 Å². The summed E-state index contributed by atoms with van der Waals surface area (Å²) in [5.41, 5.74) is 11.1. The molecule has 4 aliphatic carbocycles. The molecule has 0 amide bonds. The zero-order chi connectivity index (χ0) is 30.5. The molecule has 0 spiro atoms. The van der Waals surface area contributed by atoms with Crippen molar-refractivity contribution in [1.82, 2.24) is 4.57 Å². The van der Waals surface area contributed by atoms with Crippen molar-refractivity contribution < 1.29 is 9.53 Å². The van der Waals surface area contributed by atoms with Gasteiger partial charge in [0.05, 0.1) is 0 Å². The Morgan fingerprint density at radius 1 is 1.05 bits per heavy atom. The lowest BCUT2D eigenvalue weighted by molar-refractivity contribution is -0.153. The van der Waals surface area contributed by atoms with Gasteiger partial charge >= 0.3 is 5.97 Å². The number of esters is 1. The lowest BCUT2D eigenvalue weighted by atomic mass is 9.47. The number of rotatable bonds is 9. The smallest absolute Gasteiger partial charge is 0.323 e. The Hall–Kier alpha value is -2.07. The van der Waals surface area contributed by atoms with Gasteiger partial charge in [-0.05, 0) is 103 Å². The third-order valence-corrected chi connectivity index (χ3v) is 13.3. The number of para-hydroxylation sites is 1. The van der Waals surface area contributed by atoms with E-state index in [4.69, 9.17) is 10.5 Å². The predicted octanol–water partition coefficient (Wildman–Crippen LogP) is 9.00. The van der Waals surface area contributed by atoms with E-state index in [-0.39, 0.29) is 17.5 Å². The number of nitrogens with zero attached hydrogens (tertiary/aromatic N) is 1. The Balaban J connectivity index is 1.08. The number of aromatic nitrogens is 1. The monoisotopic (exact) mass is 586 g/mol. The predicted molar refractivity (Wildman–Crippen MR) is 178 cm³/mol. The van der Waals surface area contributed by atoms with Crippen LogP contribution in [0.25, 0.3) is 10.9 Å². The average Bonchev–Trinajstić information content (AvgIpc) is 3.49. The van der Waals surface area contributed by atoms with Crippen LogP contribution in [0, 0.1) is 46.3 Å². The van der Waals surface area contributed by atoms with Gasteiger partial charge in [0.2, 0.25) is 0 Å². The van der Waals surface area contributed by atoms with Crippen molar-refractivity contribution in [3.8, 4) is 0 Å². The molecule has 2 N–H and O–H groups in total. The second kappa shape index (κ2) is 12.0. The van der Waals surface area contributed by atoms with E-state index >= 15 is 0 Å². The summed E-state index contributed by atoms with van der Waals surface area (Å²) in [7, 11) is 2.05. The van der Waals surface area contributed by atoms with Crippen LogP contribution in [0.2, 0.25) is 0 Å². The Labute approximate surface area is 261 Å². The van der Waals surface area contributed by atoms with E-state index in [0.717, 1.165) is 60.3 Å². The molecule has 1 heterocycles. The number of hydrogen-bond acceptors (Lipinski definition) is 3. The van der Waals surface area contributed by atoms with Crippen LogP contribution in [0.5, 0.6) is 0 Å². The van der Waals surface area contributed by atoms with Crippen LogP contribution in [-0.4, -0.2) is 22.7 Å². The first-order chi connectivity index (χ1) is 20.5. The maximum Gasteiger partial charge on any atom is 0.323 e. The summed E-state index contributed by atoms with van der Waals surface area (Å²) in [6.45, 7) is 12.5. The number of carbonyl (C=O) groups is 1. The molecule has 4 heteroatoms. The molecule has 43 heavy (non-hydrogen) atoms. The number of allylic oxidation sites excluding steroid dienone is 1. The standard InChI is InChI=1S/C39H58N2O2/c1-25(2)10-9-11-26(3)32-16-17-33-31-15-14-28-23-29(18-20-38(28,4)34(31)19-21-39(32,33)5)43-37(42)35(40)22-27-24-41(6)36-13-8-7-12-30(27)36/h7-8,12-14,24-26,29,31-35H,9-11,15-23,40H2,1-6H3/t26-,29+,31+,32-,33+,34+,35?,38+,39-/m1/s1. The second-order valence-electron chi connectivity index (χ2n) is 16.2. The van der Waals surface area contributed by atoms with Crippen molar-refractivity contribution in [2.45, 2.75) is 124 Å². The molecule has 1 unspecified atom stereocenters. The molecule has 2 aromatic rings. The summed E-state index contributed by atoms with van der Waals surface area (Å²) < 4.78 is 8.25. The fraction of sp³-hybridized carbons (Fsp3) is 0.718. The lowest BCUT2D eigenvalue weighted by Crippen LogP contribution is -2.51. The average molecular weight is 587 g/mol. The minimum absolute atomic E-state index is 0.0432. The molecule has 3 fully saturated rings. The summed E-state index contributed by atoms with van der Waals surface area (Å²) in [5.74, 6) is 4.82. The van der Waals surface area contributed by atoms with Crippen molar-refractivity contribution in [2.75, 3.05) is 0 Å². The molecule has 1 aromatic carbocycles. The maximum atomic E-state index is 13.2. The normalized spacial score (nSPS) is 35.2. The molecular weight excluding hydrogens is 528 g/mol. The zero-order valence-corrected chi connectivity index (χ0v) is 27.9. The molecule has 3 saturated carbocycles. The number of nitrogens with two attached hydrogens (primary N) is 1. The first-order valence-electron chi connectivity index (χ1n) is 17.7. The third-order valence-electron chi connectivity index (χ3n) is 13.3. The molecule has 0 saturated heterocycles. The van der Waals surface area contributed by atoms with Gasteiger partial charge in [-0.1, -0.05) is 83.7 Å². The molecule has 1 aromatic heterocycles. The third kappa shape index (κ3) is 5.64. The minimum Gasteiger partial charge on any atom is -0.461 e. The van der Waals surface area contributed by atoms with Crippen LogP contribution < -0.4 is 5.73 Å². The van der Waals surface area contributed by atoms with Crippen LogP contribution in [0.1, 0.15) is 111 Å². The van der Waals surface area contributed by atoms with Gasteiger partial charge in [-0.15, -0.1) is 0 Å². The maximum absolute atomic E-state index is 13.2. The van der Waals surface area contributed by atoms with Gasteiger partial charge in [-0.25, -0.2) is 0 Å². The lowest BCUT2D eigenvalue weighted by Gasteiger charge is -2.58. The first kappa shape index (κ1) is 30.9. The molecule has 0 radical (unpaired) electrons. The molecule has 0 aliphatic heterocycles. The molecular formula is C39H58N2O2. The van der Waals surface area contributed by atoms with E-state index < -0.39 is 6.04 Å². The van der Waals surface area contributed by atoms with E-state index in [1.807, 2.05) is 19.2 Å². The Kier molecular flexibility index (Phi) is 8.65. The summed E-state index contributed by atoms with van der Waals surface area (Å²) in [4.78, 5) is 13.2. The molecule has 0 bridgehead atoms. The molecule has 4 aliphatic rings. The fourth-order valence-electron chi connectivity index (χ4n) is 10.9. The number of hydrogen-bond donors (Lipinski definition) is 1. The van der Waals surface area contributed by atoms with Crippen LogP contribution >= 0.6 is 0 Å². The van der Waals surface area contributed by atoms with Crippen molar-refractivity contribution in [3.63, 3.8) is 0 Å². The Morgan fingerprint density at radius 3 is 2.63 bits per heavy atom. The number of carbonyl (C=O) groups excluding carboxylic acids is 1. The van der Waals surface area contributed by atoms with E-state index in [9.17, 15) is 4.79 Å². The van der Waals surface area contributed by atoms with Gasteiger partial charge in [0.1, 0.15) is 12.1 Å². The highest BCUT2D eigenvalue weighted by Crippen LogP contribution is 2.67. The van der Waals surface area contributed by atoms with Crippen molar-refractivity contribution in [2.24, 2.45) is 59.1 Å². The number of ether oxygens (including phenoxy) is 1. The highest BCUT2D eigenvalue weighted by Gasteiger charge is 2.59. The fourth-order valence-corrected chi connectivity index (χ4v) is 10.9. The number of aryl methyl sites for hydroxylation is 1. The Bertz CT molecular complexity index is 1340. The van der Waals surface area contributed by atoms with Crippen molar-refractivity contribution >= 4 is 16.9 Å².